The van der Waals surface area contributed by atoms with Crippen molar-refractivity contribution in [2.24, 2.45) is 0 Å². The molecule has 0 fully saturated rings. The van der Waals surface area contributed by atoms with E-state index < -0.39 is 0 Å². The Morgan fingerprint density at radius 1 is 0.219 bits per heavy atom. The first-order chi connectivity index (χ1) is 47.5. The molecule has 11 aromatic carbocycles. The molecule has 0 atom stereocenters. The summed E-state index contributed by atoms with van der Waals surface area (Å²) in [6.07, 6.45) is 7.48. The van der Waals surface area contributed by atoms with Crippen LogP contribution in [0.3, 0.4) is 0 Å². The zero-order chi connectivity index (χ0) is 65.7. The van der Waals surface area contributed by atoms with Crippen molar-refractivity contribution < 1.29 is 56.8 Å². The van der Waals surface area contributed by atoms with Gasteiger partial charge in [-0.15, -0.1) is 0 Å². The van der Waals surface area contributed by atoms with Gasteiger partial charge in [-0.25, -0.2) is 0 Å². The van der Waals surface area contributed by atoms with Crippen LogP contribution in [0, 0.1) is 0 Å². The van der Waals surface area contributed by atoms with Crippen LogP contribution >= 0.6 is 0 Å². The molecule has 0 saturated heterocycles. The van der Waals surface area contributed by atoms with Gasteiger partial charge in [-0.3, -0.25) is 9.97 Å². The van der Waals surface area contributed by atoms with Crippen LogP contribution in [0.2, 0.25) is 0 Å². The number of hydrogen-bond acceptors (Lipinski definition) is 14. The van der Waals surface area contributed by atoms with Gasteiger partial charge < -0.3 is 56.8 Å². The number of fused-ring (bicyclic) bond motifs is 6. The molecule has 0 N–H and O–H groups in total. The summed E-state index contributed by atoms with van der Waals surface area (Å²) in [4.78, 5) is 9.23. The van der Waals surface area contributed by atoms with Gasteiger partial charge >= 0.3 is 0 Å². The Kier molecular flexibility index (Phi) is 20.5. The number of rotatable bonds is 30. The van der Waals surface area contributed by atoms with Crippen molar-refractivity contribution in [2.45, 2.75) is 0 Å². The second-order valence-electron chi connectivity index (χ2n) is 23.0. The van der Waals surface area contributed by atoms with Crippen LogP contribution in [0.5, 0.6) is 34.5 Å². The largest absolute Gasteiger partial charge is 0.486 e. The van der Waals surface area contributed by atoms with E-state index in [1.165, 1.54) is 0 Å². The van der Waals surface area contributed by atoms with E-state index in [0.717, 1.165) is 131 Å². The minimum Gasteiger partial charge on any atom is -0.486 e. The quantitative estimate of drug-likeness (QED) is 0.0312. The van der Waals surface area contributed by atoms with Crippen LogP contribution in [0.4, 0.5) is 0 Å². The van der Waals surface area contributed by atoms with E-state index in [1.807, 2.05) is 36.9 Å². The van der Waals surface area contributed by atoms with E-state index >= 15 is 0 Å². The fourth-order valence-corrected chi connectivity index (χ4v) is 13.4. The maximum Gasteiger partial charge on any atom is 0.204 e. The van der Waals surface area contributed by atoms with Gasteiger partial charge in [-0.05, 0) is 100 Å². The highest BCUT2D eigenvalue weighted by molar-refractivity contribution is 6.27. The minimum absolute atomic E-state index is 0.174. The van der Waals surface area contributed by atoms with Crippen LogP contribution in [-0.4, -0.2) is 132 Å². The molecule has 14 heteroatoms. The third kappa shape index (κ3) is 12.6. The molecule has 96 heavy (non-hydrogen) atoms. The minimum atomic E-state index is 0.174. The third-order valence-electron chi connectivity index (χ3n) is 17.4. The molecule has 0 saturated carbocycles. The smallest absolute Gasteiger partial charge is 0.204 e. The molecule has 14 nitrogen and oxygen atoms in total. The highest BCUT2D eigenvalue weighted by Gasteiger charge is 2.33. The van der Waals surface area contributed by atoms with E-state index in [-0.39, 0.29) is 66.1 Å². The topological polar surface area (TPSA) is 137 Å². The summed E-state index contributed by atoms with van der Waals surface area (Å²) in [5.74, 6) is 2.72. The summed E-state index contributed by atoms with van der Waals surface area (Å²) < 4.78 is 77.1. The van der Waals surface area contributed by atoms with E-state index in [9.17, 15) is 0 Å². The number of pyridine rings is 2. The van der Waals surface area contributed by atoms with Crippen molar-refractivity contribution in [3.63, 3.8) is 0 Å². The summed E-state index contributed by atoms with van der Waals surface area (Å²) in [6.45, 7) is 2.87. The first-order valence-electron chi connectivity index (χ1n) is 32.3. The maximum absolute atomic E-state index is 7.16. The van der Waals surface area contributed by atoms with Gasteiger partial charge in [-0.2, -0.15) is 0 Å². The van der Waals surface area contributed by atoms with Gasteiger partial charge in [0.2, 0.25) is 11.5 Å². The summed E-state index contributed by atoms with van der Waals surface area (Å²) >= 11 is 0. The second kappa shape index (κ2) is 30.5. The Balaban J connectivity index is 1.18. The van der Waals surface area contributed by atoms with Crippen molar-refractivity contribution in [1.29, 1.82) is 0 Å². The van der Waals surface area contributed by atoms with Gasteiger partial charge in [0.1, 0.15) is 39.6 Å². The number of methoxy groups -OCH3 is 6. The molecule has 0 unspecified atom stereocenters. The highest BCUT2D eigenvalue weighted by atomic mass is 16.6. The molecule has 0 spiro atoms. The van der Waals surface area contributed by atoms with Gasteiger partial charge in [0, 0.05) is 123 Å². The molecular formula is C82H76N2O12. The lowest BCUT2D eigenvalue weighted by atomic mass is 9.81. The number of nitrogens with zero attached hydrogens (tertiary/aromatic N) is 2. The number of ether oxygens (including phenoxy) is 12. The number of benzene rings is 11. The van der Waals surface area contributed by atoms with E-state index in [2.05, 4.69) is 180 Å². The predicted molar refractivity (Wildman–Crippen MR) is 384 cm³/mol. The Morgan fingerprint density at radius 2 is 0.417 bits per heavy atom. The normalized spacial score (nSPS) is 11.6. The predicted octanol–water partition coefficient (Wildman–Crippen LogP) is 17.5. The Bertz CT molecular complexity index is 4410. The molecule has 0 aliphatic carbocycles. The van der Waals surface area contributed by atoms with Crippen LogP contribution < -0.4 is 28.4 Å². The summed E-state index contributed by atoms with van der Waals surface area (Å²) in [7, 11) is 10.00. The lowest BCUT2D eigenvalue weighted by Gasteiger charge is -2.27. The molecule has 13 rings (SSSR count). The highest BCUT2D eigenvalue weighted by Crippen LogP contribution is 2.60. The zero-order valence-corrected chi connectivity index (χ0v) is 54.9. The van der Waals surface area contributed by atoms with Gasteiger partial charge in [0.25, 0.3) is 0 Å². The zero-order valence-electron chi connectivity index (χ0n) is 54.9. The van der Waals surface area contributed by atoms with Crippen molar-refractivity contribution in [3.05, 3.63) is 207 Å². The Morgan fingerprint density at radius 3 is 0.604 bits per heavy atom. The SMILES string of the molecule is COCCOc1c(-c2c3ccccc3c(-c3cccnc3)c3ccccc23)cc(-c2c3ccccc3c(-c3cc(-c4c5ccccc5c(-c5cccnc5)c5ccccc45)c(OCCOC)c(OCCOC)c3OCCOC)c3ccccc23)c(OCCOC)c1OCCOC. The molecule has 0 bridgehead atoms. The van der Waals surface area contributed by atoms with Crippen molar-refractivity contribution in [1.82, 2.24) is 9.97 Å². The van der Waals surface area contributed by atoms with Crippen LogP contribution in [0.25, 0.3) is 131 Å². The summed E-state index contributed by atoms with van der Waals surface area (Å²) in [5, 5.41) is 11.8. The Hall–Kier alpha value is -10.2. The molecule has 0 aliphatic rings. The van der Waals surface area contributed by atoms with Crippen molar-refractivity contribution in [2.75, 3.05) is 122 Å². The van der Waals surface area contributed by atoms with Crippen molar-refractivity contribution in [3.8, 4) is 101 Å². The summed E-state index contributed by atoms with van der Waals surface area (Å²) in [6, 6.07) is 63.9. The lowest BCUT2D eigenvalue weighted by molar-refractivity contribution is 0.124. The molecule has 0 amide bonds. The fourth-order valence-electron chi connectivity index (χ4n) is 13.4. The third-order valence-corrected chi connectivity index (χ3v) is 17.4. The monoisotopic (exact) mass is 1280 g/mol. The molecule has 0 aliphatic heterocycles. The first-order valence-corrected chi connectivity index (χ1v) is 32.3. The van der Waals surface area contributed by atoms with Crippen molar-refractivity contribution >= 4 is 64.6 Å². The van der Waals surface area contributed by atoms with Crippen LogP contribution in [0.1, 0.15) is 0 Å². The van der Waals surface area contributed by atoms with Gasteiger partial charge in [0.05, 0.1) is 39.6 Å². The van der Waals surface area contributed by atoms with E-state index in [4.69, 9.17) is 56.8 Å². The van der Waals surface area contributed by atoms with Crippen LogP contribution in [0.15, 0.2) is 207 Å². The fraction of sp³-hybridized carbons (Fsp3) is 0.220. The molecule has 2 aromatic heterocycles. The molecular weight excluding hydrogens is 1200 g/mol. The first kappa shape index (κ1) is 64.5. The molecule has 2 heterocycles. The lowest BCUT2D eigenvalue weighted by Crippen LogP contribution is -2.13. The Labute approximate surface area is 558 Å². The second-order valence-corrected chi connectivity index (χ2v) is 23.0. The van der Waals surface area contributed by atoms with Gasteiger partial charge in [-0.1, -0.05) is 158 Å². The molecule has 0 radical (unpaired) electrons. The van der Waals surface area contributed by atoms with E-state index in [1.54, 1.807) is 42.7 Å². The molecule has 13 aromatic rings. The van der Waals surface area contributed by atoms with Crippen LogP contribution in [-0.2, 0) is 28.4 Å². The summed E-state index contributed by atoms with van der Waals surface area (Å²) in [5.41, 5.74) is 10.9. The standard InChI is InChI=1S/C82H76N2O12/c1-85-37-43-91-77-67(73-59-27-11-7-23-55(59)71(53-21-19-35-83-51-53)56-24-8-12-28-60(56)73)49-69(79(93-45-39-87-3)81(77)95-47-41-89-5)75-63-31-15-17-33-65(63)76(66-34-18-16-32-64(66)75)70-50-68(78(92-44-38-86-2)82(96-48-42-90-6)80(70)94-46-40-88-4)74-61-29-13-9-25-57(61)72(54-22-20-36-84-52-54)58-26-10-14-30-62(58)74/h7-36,49-52H,37-48H2,1-6H3. The average Bonchev–Trinajstić information content (AvgIpc) is 0.717. The van der Waals surface area contributed by atoms with Gasteiger partial charge in [0.15, 0.2) is 23.0 Å². The number of hydrogen-bond donors (Lipinski definition) is 0. The number of aromatic nitrogens is 2. The van der Waals surface area contributed by atoms with E-state index in [0.29, 0.717) is 47.7 Å². The molecule has 486 valence electrons. The maximum atomic E-state index is 7.16. The average molecular weight is 1280 g/mol.